The standard InChI is InChI=1S/C23H25ClN4O3S2/c24-19-5-4-18-13-23(32-20(18)14-19)33(30,31)28-12-11-27(22(29)16-28)15-17-6-9-26(10-7-17)21-3-1-2-8-25-21/h1-5,8,13-14,17H,6-7,9-12,15-16H2. The smallest absolute Gasteiger partial charge is 0.253 e. The maximum Gasteiger partial charge on any atom is 0.253 e. The van der Waals surface area contributed by atoms with Gasteiger partial charge >= 0.3 is 0 Å². The van der Waals surface area contributed by atoms with Crippen LogP contribution in [0, 0.1) is 5.92 Å². The molecule has 2 aliphatic heterocycles. The predicted octanol–water partition coefficient (Wildman–Crippen LogP) is 3.70. The van der Waals surface area contributed by atoms with Gasteiger partial charge in [-0.2, -0.15) is 4.31 Å². The number of fused-ring (bicyclic) bond motifs is 1. The fourth-order valence-corrected chi connectivity index (χ4v) is 7.73. The number of pyridine rings is 1. The topological polar surface area (TPSA) is 73.8 Å². The SMILES string of the molecule is O=C1CN(S(=O)(=O)c2cc3ccc(Cl)cc3s2)CCN1CC1CCN(c2ccccn2)CC1. The highest BCUT2D eigenvalue weighted by Crippen LogP contribution is 2.33. The largest absolute Gasteiger partial charge is 0.357 e. The maximum atomic E-state index is 13.2. The van der Waals surface area contributed by atoms with Crippen molar-refractivity contribution in [3.05, 3.63) is 53.7 Å². The summed E-state index contributed by atoms with van der Waals surface area (Å²) in [6.07, 6.45) is 3.79. The van der Waals surface area contributed by atoms with Crippen molar-refractivity contribution in [2.45, 2.75) is 17.1 Å². The van der Waals surface area contributed by atoms with Crippen LogP contribution in [0.15, 0.2) is 52.9 Å². The third-order valence-electron chi connectivity index (χ3n) is 6.40. The van der Waals surface area contributed by atoms with Gasteiger partial charge in [-0.25, -0.2) is 13.4 Å². The Hall–Kier alpha value is -2.20. The molecule has 7 nitrogen and oxygen atoms in total. The molecular weight excluding hydrogens is 480 g/mol. The monoisotopic (exact) mass is 504 g/mol. The van der Waals surface area contributed by atoms with Crippen molar-refractivity contribution < 1.29 is 13.2 Å². The van der Waals surface area contributed by atoms with E-state index in [0.29, 0.717) is 30.6 Å². The van der Waals surface area contributed by atoms with E-state index in [1.165, 1.54) is 15.6 Å². The summed E-state index contributed by atoms with van der Waals surface area (Å²) in [6.45, 7) is 3.15. The second-order valence-corrected chi connectivity index (χ2v) is 12.2. The number of hydrogen-bond acceptors (Lipinski definition) is 6. The van der Waals surface area contributed by atoms with Crippen molar-refractivity contribution in [3.63, 3.8) is 0 Å². The number of nitrogens with zero attached hydrogens (tertiary/aromatic N) is 4. The predicted molar refractivity (Wildman–Crippen MR) is 131 cm³/mol. The third-order valence-corrected chi connectivity index (χ3v) is 10.0. The number of carbonyl (C=O) groups excluding carboxylic acids is 1. The summed E-state index contributed by atoms with van der Waals surface area (Å²) in [5, 5.41) is 1.41. The fraction of sp³-hybridized carbons (Fsp3) is 0.391. The van der Waals surface area contributed by atoms with Crippen LogP contribution < -0.4 is 4.90 Å². The zero-order valence-electron chi connectivity index (χ0n) is 18.1. The first kappa shape index (κ1) is 22.6. The molecule has 1 aromatic carbocycles. The summed E-state index contributed by atoms with van der Waals surface area (Å²) < 4.78 is 28.7. The molecule has 0 aliphatic carbocycles. The number of aromatic nitrogens is 1. The lowest BCUT2D eigenvalue weighted by atomic mass is 9.96. The number of benzene rings is 1. The van der Waals surface area contributed by atoms with Crippen molar-refractivity contribution in [3.8, 4) is 0 Å². The second-order valence-electron chi connectivity index (χ2n) is 8.54. The Kier molecular flexibility index (Phi) is 6.30. The van der Waals surface area contributed by atoms with Gasteiger partial charge in [0.05, 0.1) is 6.54 Å². The number of hydrogen-bond donors (Lipinski definition) is 0. The van der Waals surface area contributed by atoms with Crippen LogP contribution in [0.25, 0.3) is 10.1 Å². The summed E-state index contributed by atoms with van der Waals surface area (Å²) in [4.78, 5) is 21.4. The highest BCUT2D eigenvalue weighted by molar-refractivity contribution is 7.91. The molecule has 0 N–H and O–H groups in total. The van der Waals surface area contributed by atoms with E-state index in [2.05, 4.69) is 9.88 Å². The summed E-state index contributed by atoms with van der Waals surface area (Å²) in [5.41, 5.74) is 0. The molecule has 0 bridgehead atoms. The van der Waals surface area contributed by atoms with Gasteiger partial charge in [-0.3, -0.25) is 4.79 Å². The molecule has 0 atom stereocenters. The zero-order valence-corrected chi connectivity index (χ0v) is 20.4. The third kappa shape index (κ3) is 4.73. The molecule has 2 saturated heterocycles. The molecule has 10 heteroatoms. The van der Waals surface area contributed by atoms with E-state index in [-0.39, 0.29) is 16.7 Å². The van der Waals surface area contributed by atoms with E-state index < -0.39 is 10.0 Å². The molecule has 2 aromatic heterocycles. The minimum absolute atomic E-state index is 0.107. The van der Waals surface area contributed by atoms with Crippen LogP contribution in [0.3, 0.4) is 0 Å². The highest BCUT2D eigenvalue weighted by atomic mass is 35.5. The molecule has 0 spiro atoms. The summed E-state index contributed by atoms with van der Waals surface area (Å²) >= 11 is 7.23. The van der Waals surface area contributed by atoms with Crippen molar-refractivity contribution >= 4 is 54.8 Å². The zero-order chi connectivity index (χ0) is 23.0. The first-order valence-electron chi connectivity index (χ1n) is 11.0. The maximum absolute atomic E-state index is 13.2. The molecule has 4 heterocycles. The molecule has 174 valence electrons. The number of halogens is 1. The van der Waals surface area contributed by atoms with Gasteiger partial charge in [0.25, 0.3) is 10.0 Å². The van der Waals surface area contributed by atoms with E-state index in [9.17, 15) is 13.2 Å². The van der Waals surface area contributed by atoms with Crippen LogP contribution in [0.4, 0.5) is 5.82 Å². The molecule has 33 heavy (non-hydrogen) atoms. The minimum atomic E-state index is -3.72. The van der Waals surface area contributed by atoms with Gasteiger partial charge in [-0.1, -0.05) is 23.7 Å². The van der Waals surface area contributed by atoms with E-state index in [0.717, 1.165) is 41.8 Å². The lowest BCUT2D eigenvalue weighted by Gasteiger charge is -2.38. The number of piperazine rings is 1. The van der Waals surface area contributed by atoms with Crippen LogP contribution >= 0.6 is 22.9 Å². The van der Waals surface area contributed by atoms with E-state index in [1.807, 2.05) is 35.4 Å². The van der Waals surface area contributed by atoms with Gasteiger partial charge in [0.2, 0.25) is 5.91 Å². The van der Waals surface area contributed by atoms with Crippen molar-refractivity contribution in [2.75, 3.05) is 44.2 Å². The average molecular weight is 505 g/mol. The lowest BCUT2D eigenvalue weighted by molar-refractivity contribution is -0.134. The molecule has 1 amide bonds. The van der Waals surface area contributed by atoms with Gasteiger partial charge in [-0.05, 0) is 54.5 Å². The van der Waals surface area contributed by atoms with Crippen LogP contribution in [-0.2, 0) is 14.8 Å². The Labute approximate surface area is 202 Å². The van der Waals surface area contributed by atoms with Gasteiger partial charge in [0.1, 0.15) is 10.0 Å². The Balaban J connectivity index is 1.19. The van der Waals surface area contributed by atoms with Crippen LogP contribution in [0.5, 0.6) is 0 Å². The number of sulfonamides is 1. The number of piperidine rings is 1. The Morgan fingerprint density at radius 3 is 2.61 bits per heavy atom. The van der Waals surface area contributed by atoms with E-state index in [1.54, 1.807) is 18.2 Å². The first-order valence-corrected chi connectivity index (χ1v) is 13.7. The van der Waals surface area contributed by atoms with Gasteiger partial charge in [0.15, 0.2) is 0 Å². The fourth-order valence-electron chi connectivity index (χ4n) is 4.52. The number of anilines is 1. The highest BCUT2D eigenvalue weighted by Gasteiger charge is 2.35. The van der Waals surface area contributed by atoms with Crippen LogP contribution in [0.2, 0.25) is 5.02 Å². The van der Waals surface area contributed by atoms with E-state index >= 15 is 0 Å². The van der Waals surface area contributed by atoms with E-state index in [4.69, 9.17) is 11.6 Å². The molecule has 0 saturated carbocycles. The summed E-state index contributed by atoms with van der Waals surface area (Å²) in [5.74, 6) is 1.29. The van der Waals surface area contributed by atoms with Crippen molar-refractivity contribution in [1.29, 1.82) is 0 Å². The van der Waals surface area contributed by atoms with Crippen LogP contribution in [-0.4, -0.2) is 67.8 Å². The van der Waals surface area contributed by atoms with Crippen molar-refractivity contribution in [2.24, 2.45) is 5.92 Å². The van der Waals surface area contributed by atoms with Gasteiger partial charge < -0.3 is 9.80 Å². The summed E-state index contributed by atoms with van der Waals surface area (Å²) in [6, 6.07) is 12.9. The molecule has 2 fully saturated rings. The van der Waals surface area contributed by atoms with Gasteiger partial charge in [-0.15, -0.1) is 11.3 Å². The quantitative estimate of drug-likeness (QED) is 0.529. The first-order chi connectivity index (χ1) is 15.9. The minimum Gasteiger partial charge on any atom is -0.357 e. The Bertz CT molecular complexity index is 1260. The van der Waals surface area contributed by atoms with Crippen molar-refractivity contribution in [1.82, 2.24) is 14.2 Å². The average Bonchev–Trinajstić information content (AvgIpc) is 3.25. The molecule has 0 unspecified atom stereocenters. The number of carbonyl (C=O) groups is 1. The molecule has 3 aromatic rings. The number of rotatable bonds is 5. The Morgan fingerprint density at radius 2 is 1.88 bits per heavy atom. The molecule has 5 rings (SSSR count). The molecule has 2 aliphatic rings. The molecule has 0 radical (unpaired) electrons. The lowest BCUT2D eigenvalue weighted by Crippen LogP contribution is -2.53. The molecular formula is C23H25ClN4O3S2. The van der Waals surface area contributed by atoms with Crippen LogP contribution in [0.1, 0.15) is 12.8 Å². The normalized spacial score (nSPS) is 18.9. The Morgan fingerprint density at radius 1 is 1.06 bits per heavy atom. The number of amides is 1. The van der Waals surface area contributed by atoms with Gasteiger partial charge in [0, 0.05) is 48.6 Å². The number of thiophene rings is 1. The second kappa shape index (κ2) is 9.21. The summed E-state index contributed by atoms with van der Waals surface area (Å²) in [7, 11) is -3.72.